The van der Waals surface area contributed by atoms with E-state index in [9.17, 15) is 0 Å². The summed E-state index contributed by atoms with van der Waals surface area (Å²) >= 11 is 0. The van der Waals surface area contributed by atoms with Crippen LogP contribution in [-0.2, 0) is 6.42 Å². The van der Waals surface area contributed by atoms with Gasteiger partial charge in [0.1, 0.15) is 5.84 Å². The van der Waals surface area contributed by atoms with Crippen LogP contribution in [0.25, 0.3) is 22.0 Å². The maximum absolute atomic E-state index is 7.81. The zero-order valence-corrected chi connectivity index (χ0v) is 15.7. The van der Waals surface area contributed by atoms with Gasteiger partial charge in [-0.3, -0.25) is 5.41 Å². The van der Waals surface area contributed by atoms with Crippen LogP contribution in [0.5, 0.6) is 0 Å². The van der Waals surface area contributed by atoms with E-state index in [1.807, 2.05) is 30.3 Å². The second-order valence-electron chi connectivity index (χ2n) is 7.19. The van der Waals surface area contributed by atoms with E-state index in [2.05, 4.69) is 40.3 Å². The molecule has 0 bridgehead atoms. The normalized spacial score (nSPS) is 14.4. The topological polar surface area (TPSA) is 117 Å². The van der Waals surface area contributed by atoms with Crippen molar-refractivity contribution >= 4 is 34.1 Å². The van der Waals surface area contributed by atoms with Crippen LogP contribution in [0.2, 0.25) is 0 Å². The fraction of sp³-hybridized carbons (Fsp3) is 0.0870. The second-order valence-corrected chi connectivity index (χ2v) is 7.19. The molecule has 0 saturated heterocycles. The lowest BCUT2D eigenvalue weighted by molar-refractivity contribution is 1.08. The fourth-order valence-corrected chi connectivity index (χ4v) is 4.01. The van der Waals surface area contributed by atoms with Crippen molar-refractivity contribution < 1.29 is 0 Å². The first-order valence-electron chi connectivity index (χ1n) is 9.49. The van der Waals surface area contributed by atoms with Gasteiger partial charge in [-0.25, -0.2) is 4.99 Å². The van der Waals surface area contributed by atoms with E-state index in [1.165, 1.54) is 5.39 Å². The molecule has 142 valence electrons. The van der Waals surface area contributed by atoms with Crippen LogP contribution in [0.1, 0.15) is 23.1 Å². The fourth-order valence-electron chi connectivity index (χ4n) is 4.01. The van der Waals surface area contributed by atoms with Crippen molar-refractivity contribution in [2.45, 2.75) is 12.8 Å². The van der Waals surface area contributed by atoms with Gasteiger partial charge in [-0.2, -0.15) is 4.98 Å². The molecule has 0 aliphatic heterocycles. The van der Waals surface area contributed by atoms with Crippen molar-refractivity contribution in [2.75, 3.05) is 5.73 Å². The molecule has 0 amide bonds. The lowest BCUT2D eigenvalue weighted by Gasteiger charge is -2.06. The van der Waals surface area contributed by atoms with Crippen molar-refractivity contribution in [3.05, 3.63) is 77.4 Å². The minimum atomic E-state index is 0.0870. The average molecular weight is 380 g/mol. The Labute approximate surface area is 167 Å². The van der Waals surface area contributed by atoms with Crippen LogP contribution in [0, 0.1) is 5.41 Å². The molecule has 4 aromatic rings. The predicted molar refractivity (Wildman–Crippen MR) is 118 cm³/mol. The van der Waals surface area contributed by atoms with Crippen LogP contribution < -0.4 is 11.5 Å². The van der Waals surface area contributed by atoms with Gasteiger partial charge in [0, 0.05) is 11.1 Å². The maximum atomic E-state index is 7.81. The monoisotopic (exact) mass is 380 g/mol. The summed E-state index contributed by atoms with van der Waals surface area (Å²) in [6, 6.07) is 20.3. The van der Waals surface area contributed by atoms with Gasteiger partial charge in [0.05, 0.1) is 11.4 Å². The first-order valence-corrected chi connectivity index (χ1v) is 9.49. The lowest BCUT2D eigenvalue weighted by Crippen LogP contribution is -2.13. The molecule has 1 aliphatic carbocycles. The molecular weight excluding hydrogens is 360 g/mol. The highest BCUT2D eigenvalue weighted by Gasteiger charge is 2.22. The van der Waals surface area contributed by atoms with Crippen molar-refractivity contribution in [1.82, 2.24) is 9.97 Å². The summed E-state index contributed by atoms with van der Waals surface area (Å²) in [6.07, 6.45) is 1.60. The van der Waals surface area contributed by atoms with E-state index in [1.54, 1.807) is 0 Å². The van der Waals surface area contributed by atoms with E-state index in [0.717, 1.165) is 51.9 Å². The quantitative estimate of drug-likeness (QED) is 0.316. The summed E-state index contributed by atoms with van der Waals surface area (Å²) in [6.45, 7) is 0. The molecule has 0 atom stereocenters. The number of nitrogens with zero attached hydrogens (tertiary/aromatic N) is 2. The number of aromatic nitrogens is 2. The number of benzene rings is 3. The highest BCUT2D eigenvalue weighted by Crippen LogP contribution is 2.34. The number of anilines is 1. The number of hydrogen-bond donors (Lipinski definition) is 4. The number of aromatic amines is 1. The van der Waals surface area contributed by atoms with Gasteiger partial charge < -0.3 is 16.5 Å². The van der Waals surface area contributed by atoms with E-state index < -0.39 is 0 Å². The third kappa shape index (κ3) is 2.95. The molecule has 6 heteroatoms. The average Bonchev–Trinajstić information content (AvgIpc) is 3.31. The zero-order chi connectivity index (χ0) is 20.0. The Balaban J connectivity index is 1.61. The zero-order valence-electron chi connectivity index (χ0n) is 15.7. The third-order valence-corrected chi connectivity index (χ3v) is 5.37. The standard InChI is InChI=1S/C23H20N6/c24-21(25)18-7-3-6-17-16(18)10-11-19(17)27-22-20(28-23(26)29-22)15-9-8-13-4-1-2-5-14(13)12-15/h1-9,12H,10-11H2,(H3,24,25)(H3,26,28,29). The number of amidine groups is 1. The summed E-state index contributed by atoms with van der Waals surface area (Å²) in [5.41, 5.74) is 17.3. The summed E-state index contributed by atoms with van der Waals surface area (Å²) < 4.78 is 0. The van der Waals surface area contributed by atoms with Crippen molar-refractivity contribution in [1.29, 1.82) is 5.41 Å². The minimum absolute atomic E-state index is 0.0870. The molecule has 0 fully saturated rings. The molecule has 0 radical (unpaired) electrons. The number of rotatable bonds is 3. The van der Waals surface area contributed by atoms with Crippen LogP contribution in [0.15, 0.2) is 65.7 Å². The van der Waals surface area contributed by atoms with Crippen molar-refractivity contribution in [3.63, 3.8) is 0 Å². The number of nitrogen functional groups attached to an aromatic ring is 2. The highest BCUT2D eigenvalue weighted by molar-refractivity contribution is 6.09. The molecule has 1 aromatic heterocycles. The maximum Gasteiger partial charge on any atom is 0.200 e. The third-order valence-electron chi connectivity index (χ3n) is 5.37. The minimum Gasteiger partial charge on any atom is -0.384 e. The number of fused-ring (bicyclic) bond motifs is 2. The molecule has 29 heavy (non-hydrogen) atoms. The largest absolute Gasteiger partial charge is 0.384 e. The van der Waals surface area contributed by atoms with Crippen molar-refractivity contribution in [2.24, 2.45) is 10.7 Å². The van der Waals surface area contributed by atoms with Crippen LogP contribution in [0.3, 0.4) is 0 Å². The summed E-state index contributed by atoms with van der Waals surface area (Å²) in [5.74, 6) is 1.00. The number of aliphatic imine (C=N–C) groups is 1. The lowest BCUT2D eigenvalue weighted by atomic mass is 10.0. The van der Waals surface area contributed by atoms with Crippen LogP contribution in [-0.4, -0.2) is 21.5 Å². The first kappa shape index (κ1) is 17.2. The summed E-state index contributed by atoms with van der Waals surface area (Å²) in [5, 5.41) is 10.1. The Kier molecular flexibility index (Phi) is 3.91. The van der Waals surface area contributed by atoms with E-state index in [-0.39, 0.29) is 5.84 Å². The Morgan fingerprint density at radius 2 is 1.83 bits per heavy atom. The first-order chi connectivity index (χ1) is 14.1. The Hall–Kier alpha value is -3.93. The highest BCUT2D eigenvalue weighted by atomic mass is 15.1. The summed E-state index contributed by atoms with van der Waals surface area (Å²) in [7, 11) is 0. The van der Waals surface area contributed by atoms with Crippen LogP contribution >= 0.6 is 0 Å². The molecule has 6 nitrogen and oxygen atoms in total. The Morgan fingerprint density at radius 1 is 1.00 bits per heavy atom. The molecule has 5 rings (SSSR count). The van der Waals surface area contributed by atoms with Crippen molar-refractivity contribution in [3.8, 4) is 11.3 Å². The molecule has 0 unspecified atom stereocenters. The predicted octanol–water partition coefficient (Wildman–Crippen LogP) is 4.16. The van der Waals surface area contributed by atoms with Gasteiger partial charge in [0.2, 0.25) is 0 Å². The molecule has 1 heterocycles. The molecule has 1 aliphatic rings. The molecule has 6 N–H and O–H groups in total. The van der Waals surface area contributed by atoms with Gasteiger partial charge in [0.15, 0.2) is 11.8 Å². The van der Waals surface area contributed by atoms with Gasteiger partial charge in [-0.1, -0.05) is 54.6 Å². The van der Waals surface area contributed by atoms with Gasteiger partial charge in [-0.05, 0) is 40.8 Å². The SMILES string of the molecule is N=C(N)c1cccc2c1CCC2=Nc1nc(N)[nH]c1-c1ccc2ccccc2c1. The summed E-state index contributed by atoms with van der Waals surface area (Å²) in [4.78, 5) is 12.4. The second kappa shape index (κ2) is 6.60. The number of nitrogens with two attached hydrogens (primary N) is 2. The van der Waals surface area contributed by atoms with Gasteiger partial charge >= 0.3 is 0 Å². The smallest absolute Gasteiger partial charge is 0.200 e. The van der Waals surface area contributed by atoms with E-state index in [4.69, 9.17) is 21.9 Å². The van der Waals surface area contributed by atoms with Gasteiger partial charge in [0.25, 0.3) is 0 Å². The molecule has 3 aromatic carbocycles. The molecule has 0 saturated carbocycles. The Morgan fingerprint density at radius 3 is 2.66 bits per heavy atom. The number of hydrogen-bond acceptors (Lipinski definition) is 4. The number of imidazole rings is 1. The number of H-pyrrole nitrogens is 1. The Bertz CT molecular complexity index is 1300. The van der Waals surface area contributed by atoms with E-state index in [0.29, 0.717) is 11.8 Å². The number of nitrogens with one attached hydrogen (secondary N) is 2. The molecule has 0 spiro atoms. The molecular formula is C23H20N6. The van der Waals surface area contributed by atoms with Gasteiger partial charge in [-0.15, -0.1) is 0 Å². The van der Waals surface area contributed by atoms with Crippen LogP contribution in [0.4, 0.5) is 11.8 Å². The van der Waals surface area contributed by atoms with E-state index >= 15 is 0 Å².